The summed E-state index contributed by atoms with van der Waals surface area (Å²) in [6, 6.07) is 0.0969. The van der Waals surface area contributed by atoms with Gasteiger partial charge in [0.2, 0.25) is 11.8 Å². The zero-order valence-corrected chi connectivity index (χ0v) is 10.2. The maximum atomic E-state index is 12.0. The predicted molar refractivity (Wildman–Crippen MR) is 61.7 cm³/mol. The maximum Gasteiger partial charge on any atom is 0.240 e. The Morgan fingerprint density at radius 2 is 2.19 bits per heavy atom. The molecule has 1 fully saturated rings. The predicted octanol–water partition coefficient (Wildman–Crippen LogP) is -0.151. The van der Waals surface area contributed by atoms with Crippen molar-refractivity contribution < 1.29 is 9.59 Å². The van der Waals surface area contributed by atoms with Gasteiger partial charge < -0.3 is 16.0 Å². The fourth-order valence-corrected chi connectivity index (χ4v) is 2.10. The van der Waals surface area contributed by atoms with E-state index in [0.29, 0.717) is 12.6 Å². The minimum atomic E-state index is -0.361. The first-order valence-electron chi connectivity index (χ1n) is 5.76. The van der Waals surface area contributed by atoms with Crippen LogP contribution in [0.3, 0.4) is 0 Å². The Morgan fingerprint density at radius 3 is 2.69 bits per heavy atom. The zero-order chi connectivity index (χ0) is 12.3. The first kappa shape index (κ1) is 13.0. The summed E-state index contributed by atoms with van der Waals surface area (Å²) in [5.74, 6) is -0.275. The summed E-state index contributed by atoms with van der Waals surface area (Å²) in [6.45, 7) is 6.60. The Balaban J connectivity index is 2.53. The van der Waals surface area contributed by atoms with Gasteiger partial charge in [-0.3, -0.25) is 9.59 Å². The van der Waals surface area contributed by atoms with Gasteiger partial charge in [0.25, 0.3) is 0 Å². The van der Waals surface area contributed by atoms with E-state index in [0.717, 1.165) is 6.42 Å². The van der Waals surface area contributed by atoms with Crippen molar-refractivity contribution in [1.29, 1.82) is 0 Å². The Bertz CT molecular complexity index is 278. The lowest BCUT2D eigenvalue weighted by molar-refractivity contribution is -0.132. The van der Waals surface area contributed by atoms with E-state index in [1.165, 1.54) is 0 Å². The molecule has 1 aliphatic rings. The average Bonchev–Trinajstić information content (AvgIpc) is 2.46. The second-order valence-corrected chi connectivity index (χ2v) is 4.71. The average molecular weight is 227 g/mol. The van der Waals surface area contributed by atoms with Crippen LogP contribution >= 0.6 is 0 Å². The molecule has 0 radical (unpaired) electrons. The lowest BCUT2D eigenvalue weighted by Crippen LogP contribution is -2.44. The highest BCUT2D eigenvalue weighted by molar-refractivity contribution is 5.85. The highest BCUT2D eigenvalue weighted by atomic mass is 16.2. The third-order valence-corrected chi connectivity index (χ3v) is 2.80. The van der Waals surface area contributed by atoms with Gasteiger partial charge in [0.1, 0.15) is 0 Å². The van der Waals surface area contributed by atoms with Crippen LogP contribution in [0.4, 0.5) is 0 Å². The first-order chi connectivity index (χ1) is 7.41. The van der Waals surface area contributed by atoms with Gasteiger partial charge >= 0.3 is 0 Å². The van der Waals surface area contributed by atoms with Crippen molar-refractivity contribution >= 4 is 11.8 Å². The van der Waals surface area contributed by atoms with Crippen molar-refractivity contribution in [3.8, 4) is 0 Å². The van der Waals surface area contributed by atoms with E-state index in [9.17, 15) is 9.59 Å². The molecule has 1 rings (SSSR count). The normalized spacial score (nSPS) is 22.9. The molecule has 92 valence electrons. The number of hydrogen-bond donors (Lipinski definition) is 2. The topological polar surface area (TPSA) is 75.4 Å². The summed E-state index contributed by atoms with van der Waals surface area (Å²) >= 11 is 0. The molecule has 0 aromatic carbocycles. The Hall–Kier alpha value is -1.10. The molecule has 5 heteroatoms. The van der Waals surface area contributed by atoms with Crippen LogP contribution in [0.1, 0.15) is 33.6 Å². The lowest BCUT2D eigenvalue weighted by atomic mass is 10.2. The highest BCUT2D eigenvalue weighted by Crippen LogP contribution is 2.16. The standard InChI is InChI=1S/C11H21N3O2/c1-7(2)13-9-4-5-14(11(9)16)8(3)6-10(12)15/h7-9,13H,4-6H2,1-3H3,(H2,12,15). The first-order valence-corrected chi connectivity index (χ1v) is 5.76. The third-order valence-electron chi connectivity index (χ3n) is 2.80. The van der Waals surface area contributed by atoms with E-state index in [4.69, 9.17) is 5.73 Å². The molecule has 2 amide bonds. The van der Waals surface area contributed by atoms with Crippen molar-refractivity contribution in [1.82, 2.24) is 10.2 Å². The highest BCUT2D eigenvalue weighted by Gasteiger charge is 2.34. The Labute approximate surface area is 96.4 Å². The van der Waals surface area contributed by atoms with Gasteiger partial charge in [-0.2, -0.15) is 0 Å². The number of carbonyl (C=O) groups excluding carboxylic acids is 2. The van der Waals surface area contributed by atoms with Crippen LogP contribution in [0.15, 0.2) is 0 Å². The number of nitrogens with two attached hydrogens (primary N) is 1. The van der Waals surface area contributed by atoms with Crippen molar-refractivity contribution in [2.45, 2.75) is 51.7 Å². The molecule has 2 unspecified atom stereocenters. The van der Waals surface area contributed by atoms with Gasteiger partial charge in [-0.15, -0.1) is 0 Å². The molecular formula is C11H21N3O2. The number of nitrogens with zero attached hydrogens (tertiary/aromatic N) is 1. The van der Waals surface area contributed by atoms with Crippen molar-refractivity contribution in [2.24, 2.45) is 5.73 Å². The molecule has 0 aliphatic carbocycles. The van der Waals surface area contributed by atoms with Crippen molar-refractivity contribution in [3.63, 3.8) is 0 Å². The van der Waals surface area contributed by atoms with Gasteiger partial charge in [0, 0.05) is 25.0 Å². The van der Waals surface area contributed by atoms with E-state index >= 15 is 0 Å². The molecule has 1 saturated heterocycles. The molecular weight excluding hydrogens is 206 g/mol. The van der Waals surface area contributed by atoms with Crippen LogP contribution in [0.25, 0.3) is 0 Å². The van der Waals surface area contributed by atoms with E-state index in [1.54, 1.807) is 4.90 Å². The molecule has 2 atom stereocenters. The summed E-state index contributed by atoms with van der Waals surface area (Å²) in [7, 11) is 0. The van der Waals surface area contributed by atoms with Crippen LogP contribution in [0, 0.1) is 0 Å². The van der Waals surface area contributed by atoms with Gasteiger partial charge in [-0.05, 0) is 13.3 Å². The van der Waals surface area contributed by atoms with E-state index in [2.05, 4.69) is 5.32 Å². The summed E-state index contributed by atoms with van der Waals surface area (Å²) in [5, 5.41) is 3.22. The summed E-state index contributed by atoms with van der Waals surface area (Å²) in [6.07, 6.45) is 1.04. The fourth-order valence-electron chi connectivity index (χ4n) is 2.10. The van der Waals surface area contributed by atoms with Crippen LogP contribution in [-0.2, 0) is 9.59 Å². The maximum absolute atomic E-state index is 12.0. The molecule has 0 spiro atoms. The molecule has 1 aliphatic heterocycles. The quantitative estimate of drug-likeness (QED) is 0.686. The van der Waals surface area contributed by atoms with Crippen molar-refractivity contribution in [2.75, 3.05) is 6.54 Å². The Kier molecular flexibility index (Phi) is 4.29. The SMILES string of the molecule is CC(C)NC1CCN(C(C)CC(N)=O)C1=O. The second-order valence-electron chi connectivity index (χ2n) is 4.71. The molecule has 1 heterocycles. The van der Waals surface area contributed by atoms with E-state index in [1.807, 2.05) is 20.8 Å². The van der Waals surface area contributed by atoms with Gasteiger partial charge in [0.05, 0.1) is 6.04 Å². The van der Waals surface area contributed by atoms with Gasteiger partial charge in [-0.1, -0.05) is 13.8 Å². The van der Waals surface area contributed by atoms with Crippen LogP contribution in [-0.4, -0.2) is 41.4 Å². The zero-order valence-electron chi connectivity index (χ0n) is 10.2. The Morgan fingerprint density at radius 1 is 1.56 bits per heavy atom. The minimum absolute atomic E-state index is 0.0856. The summed E-state index contributed by atoms with van der Waals surface area (Å²) in [4.78, 5) is 24.5. The molecule has 16 heavy (non-hydrogen) atoms. The molecule has 5 nitrogen and oxygen atoms in total. The minimum Gasteiger partial charge on any atom is -0.370 e. The number of amides is 2. The molecule has 0 aromatic heterocycles. The summed E-state index contributed by atoms with van der Waals surface area (Å²) in [5.41, 5.74) is 5.13. The van der Waals surface area contributed by atoms with Crippen LogP contribution in [0.2, 0.25) is 0 Å². The number of rotatable bonds is 5. The van der Waals surface area contributed by atoms with Crippen LogP contribution in [0.5, 0.6) is 0 Å². The summed E-state index contributed by atoms with van der Waals surface area (Å²) < 4.78 is 0. The number of primary amides is 1. The van der Waals surface area contributed by atoms with Gasteiger partial charge in [0.15, 0.2) is 0 Å². The fraction of sp³-hybridized carbons (Fsp3) is 0.818. The molecule has 0 bridgehead atoms. The third kappa shape index (κ3) is 3.20. The van der Waals surface area contributed by atoms with Crippen LogP contribution < -0.4 is 11.1 Å². The largest absolute Gasteiger partial charge is 0.370 e. The monoisotopic (exact) mass is 227 g/mol. The number of nitrogens with one attached hydrogen (secondary N) is 1. The van der Waals surface area contributed by atoms with E-state index in [-0.39, 0.29) is 30.3 Å². The number of carbonyl (C=O) groups is 2. The smallest absolute Gasteiger partial charge is 0.240 e. The van der Waals surface area contributed by atoms with Gasteiger partial charge in [-0.25, -0.2) is 0 Å². The molecule has 0 saturated carbocycles. The van der Waals surface area contributed by atoms with E-state index < -0.39 is 0 Å². The number of likely N-dealkylation sites (tertiary alicyclic amines) is 1. The molecule has 0 aromatic rings. The second kappa shape index (κ2) is 5.30. The van der Waals surface area contributed by atoms with Crippen molar-refractivity contribution in [3.05, 3.63) is 0 Å². The number of hydrogen-bond acceptors (Lipinski definition) is 3. The lowest BCUT2D eigenvalue weighted by Gasteiger charge is -2.24. The molecule has 3 N–H and O–H groups in total.